The summed E-state index contributed by atoms with van der Waals surface area (Å²) in [7, 11) is 0. The van der Waals surface area contributed by atoms with Crippen molar-refractivity contribution in [1.82, 2.24) is 19.5 Å². The molecule has 0 N–H and O–H groups in total. The highest BCUT2D eigenvalue weighted by Gasteiger charge is 2.24. The molecule has 1 aliphatic rings. The topological polar surface area (TPSA) is 43.6 Å². The van der Waals surface area contributed by atoms with Gasteiger partial charge in [-0.05, 0) is 32.3 Å². The Kier molecular flexibility index (Phi) is 2.86. The molecule has 0 fully saturated rings. The van der Waals surface area contributed by atoms with Crippen molar-refractivity contribution in [3.05, 3.63) is 29.6 Å². The van der Waals surface area contributed by atoms with E-state index in [1.165, 1.54) is 5.56 Å². The van der Waals surface area contributed by atoms with Gasteiger partial charge in [0.15, 0.2) is 0 Å². The van der Waals surface area contributed by atoms with Gasteiger partial charge in [-0.15, -0.1) is 0 Å². The van der Waals surface area contributed by atoms with Gasteiger partial charge in [0.2, 0.25) is 0 Å². The average Bonchev–Trinajstić information content (AvgIpc) is 2.82. The molecule has 2 aromatic heterocycles. The minimum absolute atomic E-state index is 0.390. The van der Waals surface area contributed by atoms with Crippen molar-refractivity contribution in [3.63, 3.8) is 0 Å². The van der Waals surface area contributed by atoms with Gasteiger partial charge < -0.3 is 4.57 Å². The van der Waals surface area contributed by atoms with E-state index in [-0.39, 0.29) is 0 Å². The molecule has 0 atom stereocenters. The van der Waals surface area contributed by atoms with Gasteiger partial charge in [-0.1, -0.05) is 0 Å². The maximum absolute atomic E-state index is 4.64. The summed E-state index contributed by atoms with van der Waals surface area (Å²) in [6.45, 7) is 4.33. The van der Waals surface area contributed by atoms with E-state index >= 15 is 0 Å². The van der Waals surface area contributed by atoms with Crippen LogP contribution in [-0.4, -0.2) is 19.5 Å². The van der Waals surface area contributed by atoms with Crippen LogP contribution in [-0.2, 0) is 18.6 Å². The summed E-state index contributed by atoms with van der Waals surface area (Å²) in [4.78, 5) is 13.5. The van der Waals surface area contributed by atoms with Crippen LogP contribution in [0.25, 0.3) is 11.4 Å². The van der Waals surface area contributed by atoms with Crippen molar-refractivity contribution >= 4 is 12.6 Å². The van der Waals surface area contributed by atoms with Crippen LogP contribution >= 0.6 is 12.6 Å². The van der Waals surface area contributed by atoms with Crippen molar-refractivity contribution in [2.75, 3.05) is 0 Å². The van der Waals surface area contributed by atoms with Crippen LogP contribution in [0.1, 0.15) is 37.0 Å². The Morgan fingerprint density at radius 2 is 2.17 bits per heavy atom. The summed E-state index contributed by atoms with van der Waals surface area (Å²) in [5.74, 6) is 1.35. The van der Waals surface area contributed by atoms with Crippen LogP contribution in [0, 0.1) is 0 Å². The lowest BCUT2D eigenvalue weighted by atomic mass is 9.97. The number of thiol groups is 1. The third-order valence-electron chi connectivity index (χ3n) is 3.34. The maximum atomic E-state index is 4.64. The third kappa shape index (κ3) is 1.73. The lowest BCUT2D eigenvalue weighted by Gasteiger charge is -2.19. The van der Waals surface area contributed by atoms with Gasteiger partial charge in [0.05, 0.1) is 29.2 Å². The molecule has 0 saturated carbocycles. The monoisotopic (exact) mass is 260 g/mol. The lowest BCUT2D eigenvalue weighted by Crippen LogP contribution is -2.12. The largest absolute Gasteiger partial charge is 0.327 e. The van der Waals surface area contributed by atoms with E-state index in [1.807, 2.05) is 12.5 Å². The van der Waals surface area contributed by atoms with Gasteiger partial charge in [-0.2, -0.15) is 12.6 Å². The number of nitrogens with zero attached hydrogens (tertiary/aromatic N) is 4. The number of rotatable bonds is 2. The van der Waals surface area contributed by atoms with Gasteiger partial charge in [0.1, 0.15) is 5.82 Å². The number of aromatic nitrogens is 4. The van der Waals surface area contributed by atoms with Gasteiger partial charge >= 0.3 is 0 Å². The Bertz CT molecular complexity index is 589. The van der Waals surface area contributed by atoms with E-state index < -0.39 is 0 Å². The number of aryl methyl sites for hydroxylation is 2. The quantitative estimate of drug-likeness (QED) is 0.843. The molecule has 0 amide bonds. The first-order valence-corrected chi connectivity index (χ1v) is 6.85. The van der Waals surface area contributed by atoms with Crippen LogP contribution in [0.2, 0.25) is 0 Å². The van der Waals surface area contributed by atoms with Crippen LogP contribution < -0.4 is 0 Å². The predicted molar refractivity (Wildman–Crippen MR) is 73.7 cm³/mol. The molecule has 0 aromatic carbocycles. The van der Waals surface area contributed by atoms with Crippen molar-refractivity contribution in [1.29, 1.82) is 0 Å². The lowest BCUT2D eigenvalue weighted by molar-refractivity contribution is 0.602. The number of hydrogen-bond acceptors (Lipinski definition) is 4. The molecule has 0 bridgehead atoms. The van der Waals surface area contributed by atoms with Gasteiger partial charge in [0.25, 0.3) is 0 Å². The summed E-state index contributed by atoms with van der Waals surface area (Å²) < 4.78 is 2.20. The Morgan fingerprint density at radius 3 is 2.89 bits per heavy atom. The summed E-state index contributed by atoms with van der Waals surface area (Å²) in [6.07, 6.45) is 5.82. The van der Waals surface area contributed by atoms with Gasteiger partial charge in [-0.3, -0.25) is 0 Å². The van der Waals surface area contributed by atoms with E-state index in [9.17, 15) is 0 Å². The Hall–Kier alpha value is -1.36. The summed E-state index contributed by atoms with van der Waals surface area (Å²) >= 11 is 4.25. The zero-order valence-electron chi connectivity index (χ0n) is 10.6. The Morgan fingerprint density at radius 1 is 1.33 bits per heavy atom. The van der Waals surface area contributed by atoms with E-state index in [1.54, 1.807) is 0 Å². The third-order valence-corrected chi connectivity index (χ3v) is 3.62. The van der Waals surface area contributed by atoms with Gasteiger partial charge in [-0.25, -0.2) is 15.0 Å². The summed E-state index contributed by atoms with van der Waals surface area (Å²) in [5, 5.41) is 0. The second-order valence-corrected chi connectivity index (χ2v) is 5.18. The molecule has 0 saturated heterocycles. The summed E-state index contributed by atoms with van der Waals surface area (Å²) in [6, 6.07) is 0.390. The predicted octanol–water partition coefficient (Wildman–Crippen LogP) is 2.45. The fraction of sp³-hybridized carbons (Fsp3) is 0.462. The van der Waals surface area contributed by atoms with Crippen LogP contribution in [0.4, 0.5) is 0 Å². The molecule has 1 aliphatic carbocycles. The van der Waals surface area contributed by atoms with Crippen LogP contribution in [0.3, 0.4) is 0 Å². The minimum atomic E-state index is 0.390. The molecule has 0 unspecified atom stereocenters. The highest BCUT2D eigenvalue weighted by atomic mass is 32.1. The van der Waals surface area contributed by atoms with Crippen molar-refractivity contribution in [2.45, 2.75) is 38.5 Å². The van der Waals surface area contributed by atoms with Crippen LogP contribution in [0.5, 0.6) is 0 Å². The molecule has 2 heterocycles. The first kappa shape index (κ1) is 11.7. The first-order chi connectivity index (χ1) is 8.70. The van der Waals surface area contributed by atoms with Crippen molar-refractivity contribution in [3.8, 4) is 11.4 Å². The number of hydrogen-bond donors (Lipinski definition) is 1. The van der Waals surface area contributed by atoms with Crippen molar-refractivity contribution in [2.24, 2.45) is 0 Å². The zero-order valence-corrected chi connectivity index (χ0v) is 11.5. The Labute approximate surface area is 112 Å². The average molecular weight is 260 g/mol. The second kappa shape index (κ2) is 4.39. The number of fused-ring (bicyclic) bond motifs is 3. The first-order valence-electron chi connectivity index (χ1n) is 6.22. The van der Waals surface area contributed by atoms with E-state index in [0.29, 0.717) is 11.8 Å². The fourth-order valence-electron chi connectivity index (χ4n) is 2.39. The van der Waals surface area contributed by atoms with Crippen LogP contribution in [0.15, 0.2) is 12.5 Å². The summed E-state index contributed by atoms with van der Waals surface area (Å²) in [5.41, 5.74) is 4.58. The maximum Gasteiger partial charge on any atom is 0.138 e. The highest BCUT2D eigenvalue weighted by molar-refractivity contribution is 7.79. The van der Waals surface area contributed by atoms with E-state index in [0.717, 1.165) is 35.7 Å². The molecule has 3 rings (SSSR count). The normalized spacial score (nSPS) is 13.6. The molecule has 0 aliphatic heterocycles. The zero-order chi connectivity index (χ0) is 12.7. The molecule has 4 nitrogen and oxygen atoms in total. The second-order valence-electron chi connectivity index (χ2n) is 4.86. The SMILES string of the molecule is CC(C)n1cnc2c1-c1nc(CS)ncc1CC2. The molecule has 2 aromatic rings. The highest BCUT2D eigenvalue weighted by Crippen LogP contribution is 2.32. The molecule has 18 heavy (non-hydrogen) atoms. The Balaban J connectivity index is 2.22. The molecule has 94 valence electrons. The standard InChI is InChI=1S/C13H16N4S/c1-8(2)17-7-15-10-4-3-9-5-14-11(6-18)16-12(9)13(10)17/h5,7-8,18H,3-4,6H2,1-2H3. The number of imidazole rings is 1. The smallest absolute Gasteiger partial charge is 0.138 e. The van der Waals surface area contributed by atoms with Gasteiger partial charge in [0, 0.05) is 12.2 Å². The molecule has 5 heteroatoms. The van der Waals surface area contributed by atoms with E-state index in [4.69, 9.17) is 0 Å². The van der Waals surface area contributed by atoms with Crippen molar-refractivity contribution < 1.29 is 0 Å². The van der Waals surface area contributed by atoms with E-state index in [2.05, 4.69) is 46.0 Å². The fourth-order valence-corrected chi connectivity index (χ4v) is 2.55. The molecular formula is C13H16N4S. The molecule has 0 spiro atoms. The minimum Gasteiger partial charge on any atom is -0.327 e. The molecular weight excluding hydrogens is 244 g/mol. The molecule has 0 radical (unpaired) electrons.